The molecule has 37 heavy (non-hydrogen) atoms. The van der Waals surface area contributed by atoms with Gasteiger partial charge in [-0.3, -0.25) is 9.69 Å². The van der Waals surface area contributed by atoms with Crippen molar-refractivity contribution >= 4 is 17.5 Å². The SMILES string of the molecule is COCCCN(C)CCOc1ccc([C@H]2CCC[C@H]3CN(C(=O)c4ccc(Cl)cc4)CCN32)c(C)c1C. The normalized spacial score (nSPS) is 20.2. The highest BCUT2D eigenvalue weighted by molar-refractivity contribution is 6.30. The fourth-order valence-corrected chi connectivity index (χ4v) is 5.91. The molecule has 0 spiro atoms. The van der Waals surface area contributed by atoms with E-state index in [1.807, 2.05) is 17.0 Å². The zero-order valence-corrected chi connectivity index (χ0v) is 23.6. The van der Waals surface area contributed by atoms with Gasteiger partial charge >= 0.3 is 0 Å². The number of carbonyl (C=O) groups is 1. The molecule has 2 heterocycles. The zero-order valence-electron chi connectivity index (χ0n) is 22.8. The highest BCUT2D eigenvalue weighted by Gasteiger charge is 2.37. The van der Waals surface area contributed by atoms with E-state index in [9.17, 15) is 4.79 Å². The molecule has 2 saturated heterocycles. The van der Waals surface area contributed by atoms with Crippen LogP contribution in [0, 0.1) is 13.8 Å². The molecule has 0 radical (unpaired) electrons. The van der Waals surface area contributed by atoms with E-state index in [1.54, 1.807) is 19.2 Å². The van der Waals surface area contributed by atoms with Crippen molar-refractivity contribution in [3.8, 4) is 5.75 Å². The first kappa shape index (κ1) is 27.9. The number of hydrogen-bond acceptors (Lipinski definition) is 5. The summed E-state index contributed by atoms with van der Waals surface area (Å²) < 4.78 is 11.3. The molecule has 2 atom stereocenters. The first-order valence-corrected chi connectivity index (χ1v) is 14.0. The summed E-state index contributed by atoms with van der Waals surface area (Å²) in [5.41, 5.74) is 4.69. The van der Waals surface area contributed by atoms with Crippen molar-refractivity contribution < 1.29 is 14.3 Å². The first-order chi connectivity index (χ1) is 17.9. The fourth-order valence-electron chi connectivity index (χ4n) is 5.78. The van der Waals surface area contributed by atoms with Gasteiger partial charge in [0.15, 0.2) is 0 Å². The Kier molecular flexibility index (Phi) is 9.88. The molecule has 1 amide bonds. The smallest absolute Gasteiger partial charge is 0.253 e. The van der Waals surface area contributed by atoms with Crippen molar-refractivity contribution in [1.82, 2.24) is 14.7 Å². The summed E-state index contributed by atoms with van der Waals surface area (Å²) in [5, 5.41) is 0.656. The Morgan fingerprint density at radius 2 is 1.81 bits per heavy atom. The lowest BCUT2D eigenvalue weighted by Gasteiger charge is -2.48. The van der Waals surface area contributed by atoms with Gasteiger partial charge < -0.3 is 19.3 Å². The highest BCUT2D eigenvalue weighted by atomic mass is 35.5. The summed E-state index contributed by atoms with van der Waals surface area (Å²) >= 11 is 6.01. The number of rotatable bonds is 10. The van der Waals surface area contributed by atoms with Crippen molar-refractivity contribution in [3.05, 3.63) is 63.7 Å². The lowest BCUT2D eigenvalue weighted by Crippen LogP contribution is -2.57. The second-order valence-electron chi connectivity index (χ2n) is 10.5. The minimum Gasteiger partial charge on any atom is -0.492 e. The number of benzene rings is 2. The van der Waals surface area contributed by atoms with Crippen LogP contribution in [0.2, 0.25) is 5.02 Å². The maximum atomic E-state index is 13.1. The Morgan fingerprint density at radius 3 is 2.57 bits per heavy atom. The Morgan fingerprint density at radius 1 is 1.03 bits per heavy atom. The Bertz CT molecular complexity index is 1050. The third-order valence-electron chi connectivity index (χ3n) is 8.08. The quantitative estimate of drug-likeness (QED) is 0.389. The second-order valence-corrected chi connectivity index (χ2v) is 10.9. The predicted octanol–water partition coefficient (Wildman–Crippen LogP) is 5.36. The van der Waals surface area contributed by atoms with Crippen LogP contribution in [0.1, 0.15) is 58.8 Å². The summed E-state index contributed by atoms with van der Waals surface area (Å²) in [6.07, 6.45) is 4.51. The molecule has 0 saturated carbocycles. The Labute approximate surface area is 227 Å². The molecule has 0 aliphatic carbocycles. The van der Waals surface area contributed by atoms with E-state index < -0.39 is 0 Å². The molecule has 2 aliphatic rings. The van der Waals surface area contributed by atoms with E-state index in [0.29, 0.717) is 29.3 Å². The van der Waals surface area contributed by atoms with Crippen LogP contribution in [0.15, 0.2) is 36.4 Å². The number of piperidine rings is 1. The molecule has 4 rings (SSSR count). The minimum atomic E-state index is 0.108. The van der Waals surface area contributed by atoms with E-state index in [2.05, 4.69) is 42.8 Å². The molecule has 202 valence electrons. The Hall–Kier alpha value is -2.12. The van der Waals surface area contributed by atoms with E-state index >= 15 is 0 Å². The molecular formula is C30H42ClN3O3. The van der Waals surface area contributed by atoms with E-state index in [4.69, 9.17) is 21.1 Å². The number of ether oxygens (including phenoxy) is 2. The number of hydrogen-bond donors (Lipinski definition) is 0. The van der Waals surface area contributed by atoms with Crippen LogP contribution in [0.3, 0.4) is 0 Å². The third-order valence-corrected chi connectivity index (χ3v) is 8.33. The molecular weight excluding hydrogens is 486 g/mol. The average molecular weight is 528 g/mol. The fraction of sp³-hybridized carbons (Fsp3) is 0.567. The van der Waals surface area contributed by atoms with Gasteiger partial charge in [-0.05, 0) is 93.6 Å². The molecule has 2 fully saturated rings. The third kappa shape index (κ3) is 6.85. The molecule has 7 heteroatoms. The highest BCUT2D eigenvalue weighted by Crippen LogP contribution is 2.39. The summed E-state index contributed by atoms with van der Waals surface area (Å²) in [4.78, 5) is 20.1. The van der Waals surface area contributed by atoms with E-state index in [0.717, 1.165) is 64.3 Å². The van der Waals surface area contributed by atoms with Gasteiger partial charge in [0.2, 0.25) is 0 Å². The van der Waals surface area contributed by atoms with Crippen LogP contribution in [-0.4, -0.2) is 86.7 Å². The van der Waals surface area contributed by atoms with Crippen LogP contribution in [0.4, 0.5) is 0 Å². The lowest BCUT2D eigenvalue weighted by atomic mass is 9.86. The maximum absolute atomic E-state index is 13.1. The van der Waals surface area contributed by atoms with Crippen molar-refractivity contribution in [1.29, 1.82) is 0 Å². The van der Waals surface area contributed by atoms with Crippen molar-refractivity contribution in [2.75, 3.05) is 60.1 Å². The summed E-state index contributed by atoms with van der Waals surface area (Å²) in [6, 6.07) is 12.5. The number of carbonyl (C=O) groups excluding carboxylic acids is 1. The summed E-state index contributed by atoms with van der Waals surface area (Å²) in [6.45, 7) is 10.2. The average Bonchev–Trinajstić information content (AvgIpc) is 2.91. The van der Waals surface area contributed by atoms with Gasteiger partial charge in [-0.2, -0.15) is 0 Å². The number of likely N-dealkylation sites (N-methyl/N-ethyl adjacent to an activating group) is 1. The van der Waals surface area contributed by atoms with Gasteiger partial charge in [0, 0.05) is 69.1 Å². The molecule has 2 aromatic rings. The van der Waals surface area contributed by atoms with Crippen molar-refractivity contribution in [2.24, 2.45) is 0 Å². The minimum absolute atomic E-state index is 0.108. The summed E-state index contributed by atoms with van der Waals surface area (Å²) in [7, 11) is 3.87. The maximum Gasteiger partial charge on any atom is 0.253 e. The van der Waals surface area contributed by atoms with Gasteiger partial charge in [-0.25, -0.2) is 0 Å². The van der Waals surface area contributed by atoms with Crippen LogP contribution >= 0.6 is 11.6 Å². The number of amides is 1. The van der Waals surface area contributed by atoms with Crippen LogP contribution < -0.4 is 4.74 Å². The largest absolute Gasteiger partial charge is 0.492 e. The molecule has 6 nitrogen and oxygen atoms in total. The Balaban J connectivity index is 1.37. The molecule has 0 bridgehead atoms. The predicted molar refractivity (Wildman–Crippen MR) is 150 cm³/mol. The zero-order chi connectivity index (χ0) is 26.4. The monoisotopic (exact) mass is 527 g/mol. The van der Waals surface area contributed by atoms with Crippen LogP contribution in [-0.2, 0) is 4.74 Å². The van der Waals surface area contributed by atoms with E-state index in [1.165, 1.54) is 23.1 Å². The number of piperazine rings is 1. The number of methoxy groups -OCH3 is 1. The molecule has 0 N–H and O–H groups in total. The van der Waals surface area contributed by atoms with Gasteiger partial charge in [-0.15, -0.1) is 0 Å². The first-order valence-electron chi connectivity index (χ1n) is 13.6. The topological polar surface area (TPSA) is 45.3 Å². The van der Waals surface area contributed by atoms with E-state index in [-0.39, 0.29) is 5.91 Å². The van der Waals surface area contributed by atoms with Gasteiger partial charge in [0.25, 0.3) is 5.91 Å². The van der Waals surface area contributed by atoms with Crippen LogP contribution in [0.5, 0.6) is 5.75 Å². The van der Waals surface area contributed by atoms with Gasteiger partial charge in [0.1, 0.15) is 12.4 Å². The lowest BCUT2D eigenvalue weighted by molar-refractivity contribution is 0.0101. The standard InChI is InChI=1S/C30H42ClN3O3/c1-22-23(2)29(37-20-18-32(3)15-6-19-36-4)14-13-27(22)28-8-5-7-26-21-33(16-17-34(26)28)30(35)24-9-11-25(31)12-10-24/h9-14,26,28H,5-8,15-21H2,1-4H3/t26-,28+/m0/s1. The summed E-state index contributed by atoms with van der Waals surface area (Å²) in [5.74, 6) is 1.09. The number of nitrogens with zero attached hydrogens (tertiary/aromatic N) is 3. The molecule has 0 unspecified atom stereocenters. The van der Waals surface area contributed by atoms with Crippen molar-refractivity contribution in [3.63, 3.8) is 0 Å². The molecule has 0 aromatic heterocycles. The number of halogens is 1. The van der Waals surface area contributed by atoms with Gasteiger partial charge in [0.05, 0.1) is 0 Å². The molecule has 2 aliphatic heterocycles. The second kappa shape index (κ2) is 13.1. The molecule has 2 aromatic carbocycles. The van der Waals surface area contributed by atoms with Crippen molar-refractivity contribution in [2.45, 2.75) is 51.6 Å². The van der Waals surface area contributed by atoms with Gasteiger partial charge in [-0.1, -0.05) is 17.7 Å². The number of fused-ring (bicyclic) bond motifs is 1. The van der Waals surface area contributed by atoms with Crippen LogP contribution in [0.25, 0.3) is 0 Å².